The highest BCUT2D eigenvalue weighted by Gasteiger charge is 2.28. The molecule has 2 aromatic carbocycles. The Morgan fingerprint density at radius 1 is 0.973 bits per heavy atom. The van der Waals surface area contributed by atoms with E-state index < -0.39 is 0 Å². The van der Waals surface area contributed by atoms with Crippen molar-refractivity contribution >= 4 is 22.4 Å². The van der Waals surface area contributed by atoms with Gasteiger partial charge in [-0.25, -0.2) is 4.68 Å². The topological polar surface area (TPSA) is 63.4 Å². The molecule has 0 unspecified atom stereocenters. The van der Waals surface area contributed by atoms with Crippen LogP contribution < -0.4 is 10.5 Å². The van der Waals surface area contributed by atoms with Crippen molar-refractivity contribution in [1.29, 1.82) is 0 Å². The molecule has 0 N–H and O–H groups in total. The Balaban J connectivity index is 1.34. The van der Waals surface area contributed by atoms with Gasteiger partial charge in [-0.05, 0) is 57.9 Å². The fourth-order valence-electron chi connectivity index (χ4n) is 5.47. The molecule has 0 aliphatic carbocycles. The van der Waals surface area contributed by atoms with Crippen LogP contribution in [-0.2, 0) is 17.9 Å². The van der Waals surface area contributed by atoms with E-state index in [1.54, 1.807) is 6.20 Å². The lowest BCUT2D eigenvalue weighted by Gasteiger charge is -2.41. The van der Waals surface area contributed by atoms with Crippen molar-refractivity contribution in [2.75, 3.05) is 24.5 Å². The molecular formula is C30H35N5O2. The Labute approximate surface area is 217 Å². The van der Waals surface area contributed by atoms with E-state index in [0.29, 0.717) is 25.0 Å². The number of carbonyl (C=O) groups is 1. The molecule has 0 spiro atoms. The van der Waals surface area contributed by atoms with Gasteiger partial charge in [-0.2, -0.15) is 5.10 Å². The molecule has 2 aromatic heterocycles. The molecule has 37 heavy (non-hydrogen) atoms. The van der Waals surface area contributed by atoms with Crippen LogP contribution in [0.5, 0.6) is 0 Å². The minimum Gasteiger partial charge on any atom is -0.365 e. The maximum absolute atomic E-state index is 13.5. The molecule has 0 radical (unpaired) electrons. The molecule has 1 atom stereocenters. The number of carbonyl (C=O) groups excluding carboxylic acids is 1. The number of amides is 1. The van der Waals surface area contributed by atoms with E-state index in [1.165, 1.54) is 27.1 Å². The lowest BCUT2D eigenvalue weighted by Crippen LogP contribution is -2.54. The van der Waals surface area contributed by atoms with Crippen LogP contribution in [0.3, 0.4) is 0 Å². The van der Waals surface area contributed by atoms with E-state index in [4.69, 9.17) is 0 Å². The number of hydrogen-bond donors (Lipinski definition) is 0. The average Bonchev–Trinajstić information content (AvgIpc) is 3.11. The molecule has 3 heterocycles. The summed E-state index contributed by atoms with van der Waals surface area (Å²) in [4.78, 5) is 30.9. The SMILES string of the molecule is Cc1ccc(Cn2c(C)c3cnn(CC(=O)N4CCN(c5cccc(C)c5)[C@@H](C)C4)c(=O)c3c2C)cc1. The van der Waals surface area contributed by atoms with Crippen LogP contribution in [0.15, 0.2) is 59.5 Å². The van der Waals surface area contributed by atoms with Crippen LogP contribution in [0.4, 0.5) is 5.69 Å². The van der Waals surface area contributed by atoms with Crippen molar-refractivity contribution < 1.29 is 4.79 Å². The summed E-state index contributed by atoms with van der Waals surface area (Å²) in [6.07, 6.45) is 1.73. The second kappa shape index (κ2) is 9.88. The van der Waals surface area contributed by atoms with E-state index in [2.05, 4.69) is 83.9 Å². The zero-order valence-electron chi connectivity index (χ0n) is 22.4. The summed E-state index contributed by atoms with van der Waals surface area (Å²) < 4.78 is 3.49. The highest BCUT2D eigenvalue weighted by Crippen LogP contribution is 2.24. The predicted molar refractivity (Wildman–Crippen MR) is 148 cm³/mol. The Hall–Kier alpha value is -3.87. The molecule has 1 aliphatic rings. The first kappa shape index (κ1) is 24.8. The lowest BCUT2D eigenvalue weighted by molar-refractivity contribution is -0.132. The second-order valence-corrected chi connectivity index (χ2v) is 10.4. The smallest absolute Gasteiger partial charge is 0.276 e. The number of anilines is 1. The molecule has 1 fully saturated rings. The van der Waals surface area contributed by atoms with Crippen molar-refractivity contribution in [1.82, 2.24) is 19.2 Å². The highest BCUT2D eigenvalue weighted by molar-refractivity contribution is 5.87. The number of nitrogens with zero attached hydrogens (tertiary/aromatic N) is 5. The average molecular weight is 498 g/mol. The van der Waals surface area contributed by atoms with Gasteiger partial charge in [0.25, 0.3) is 5.56 Å². The first-order valence-electron chi connectivity index (χ1n) is 12.9. The van der Waals surface area contributed by atoms with Gasteiger partial charge in [0.05, 0.1) is 11.6 Å². The van der Waals surface area contributed by atoms with Crippen molar-refractivity contribution in [3.05, 3.63) is 93.2 Å². The van der Waals surface area contributed by atoms with Crippen molar-refractivity contribution in [2.24, 2.45) is 0 Å². The number of hydrogen-bond acceptors (Lipinski definition) is 4. The van der Waals surface area contributed by atoms with Crippen LogP contribution in [0, 0.1) is 27.7 Å². The molecule has 0 saturated carbocycles. The number of rotatable bonds is 5. The molecule has 7 nitrogen and oxygen atoms in total. The first-order valence-corrected chi connectivity index (χ1v) is 12.9. The third kappa shape index (κ3) is 4.78. The standard InChI is InChI=1S/C30H35N5O2/c1-20-9-11-25(12-10-20)18-34-23(4)27-16-31-35(30(37)29(27)24(34)5)19-28(36)32-13-14-33(22(3)17-32)26-8-6-7-21(2)15-26/h6-12,15-16,22H,13-14,17-19H2,1-5H3/t22-/m0/s1. The van der Waals surface area contributed by atoms with E-state index >= 15 is 0 Å². The number of fused-ring (bicyclic) bond motifs is 1. The number of benzene rings is 2. The summed E-state index contributed by atoms with van der Waals surface area (Å²) >= 11 is 0. The molecular weight excluding hydrogens is 462 g/mol. The fourth-order valence-corrected chi connectivity index (χ4v) is 5.47. The van der Waals surface area contributed by atoms with Gasteiger partial charge >= 0.3 is 0 Å². The van der Waals surface area contributed by atoms with Crippen LogP contribution in [0.25, 0.3) is 10.8 Å². The van der Waals surface area contributed by atoms with E-state index in [0.717, 1.165) is 23.3 Å². The van der Waals surface area contributed by atoms with E-state index in [1.807, 2.05) is 18.7 Å². The Bertz CT molecular complexity index is 1520. The number of aryl methyl sites for hydroxylation is 4. The second-order valence-electron chi connectivity index (χ2n) is 10.4. The molecule has 7 heteroatoms. The summed E-state index contributed by atoms with van der Waals surface area (Å²) in [5, 5.41) is 5.89. The zero-order chi connectivity index (χ0) is 26.3. The molecule has 1 saturated heterocycles. The summed E-state index contributed by atoms with van der Waals surface area (Å²) in [5.41, 5.74) is 6.52. The molecule has 1 amide bonds. The van der Waals surface area contributed by atoms with Crippen LogP contribution >= 0.6 is 0 Å². The number of piperazine rings is 1. The monoisotopic (exact) mass is 497 g/mol. The lowest BCUT2D eigenvalue weighted by atomic mass is 10.1. The van der Waals surface area contributed by atoms with Crippen molar-refractivity contribution in [2.45, 2.75) is 53.8 Å². The normalized spacial score (nSPS) is 16.0. The van der Waals surface area contributed by atoms with Crippen molar-refractivity contribution in [3.63, 3.8) is 0 Å². The summed E-state index contributed by atoms with van der Waals surface area (Å²) in [6.45, 7) is 13.0. The maximum Gasteiger partial charge on any atom is 0.276 e. The molecule has 0 bridgehead atoms. The van der Waals surface area contributed by atoms with E-state index in [9.17, 15) is 9.59 Å². The third-order valence-electron chi connectivity index (χ3n) is 7.67. The molecule has 4 aromatic rings. The molecule has 5 rings (SSSR count). The van der Waals surface area contributed by atoms with Gasteiger partial charge in [0.1, 0.15) is 6.54 Å². The number of aromatic nitrogens is 3. The van der Waals surface area contributed by atoms with Crippen LogP contribution in [0.2, 0.25) is 0 Å². The summed E-state index contributed by atoms with van der Waals surface area (Å²) in [5.74, 6) is -0.0712. The van der Waals surface area contributed by atoms with Gasteiger partial charge in [-0.3, -0.25) is 9.59 Å². The Kier molecular flexibility index (Phi) is 6.63. The predicted octanol–water partition coefficient (Wildman–Crippen LogP) is 4.22. The Morgan fingerprint density at radius 3 is 2.43 bits per heavy atom. The largest absolute Gasteiger partial charge is 0.365 e. The van der Waals surface area contributed by atoms with E-state index in [-0.39, 0.29) is 24.1 Å². The minimum absolute atomic E-state index is 0.0480. The van der Waals surface area contributed by atoms with Gasteiger partial charge in [0.15, 0.2) is 0 Å². The van der Waals surface area contributed by atoms with Gasteiger partial charge in [0.2, 0.25) is 5.91 Å². The maximum atomic E-state index is 13.5. The fraction of sp³-hybridized carbons (Fsp3) is 0.367. The minimum atomic E-state index is -0.208. The summed E-state index contributed by atoms with van der Waals surface area (Å²) in [7, 11) is 0. The highest BCUT2D eigenvalue weighted by atomic mass is 16.2. The van der Waals surface area contributed by atoms with Crippen LogP contribution in [0.1, 0.15) is 35.0 Å². The molecule has 192 valence electrons. The molecule has 1 aliphatic heterocycles. The van der Waals surface area contributed by atoms with Crippen LogP contribution in [-0.4, -0.2) is 50.8 Å². The van der Waals surface area contributed by atoms with Gasteiger partial charge < -0.3 is 14.4 Å². The van der Waals surface area contributed by atoms with Gasteiger partial charge in [0, 0.05) is 54.7 Å². The van der Waals surface area contributed by atoms with Gasteiger partial charge in [-0.15, -0.1) is 0 Å². The van der Waals surface area contributed by atoms with Crippen molar-refractivity contribution in [3.8, 4) is 0 Å². The summed E-state index contributed by atoms with van der Waals surface area (Å²) in [6, 6.07) is 17.1. The Morgan fingerprint density at radius 2 is 1.73 bits per heavy atom. The quantitative estimate of drug-likeness (QED) is 0.414. The first-order chi connectivity index (χ1) is 17.7. The third-order valence-corrected chi connectivity index (χ3v) is 7.67. The zero-order valence-corrected chi connectivity index (χ0v) is 22.4. The van der Waals surface area contributed by atoms with Gasteiger partial charge in [-0.1, -0.05) is 42.0 Å².